The summed E-state index contributed by atoms with van der Waals surface area (Å²) in [5, 5.41) is 3.18. The fourth-order valence-corrected chi connectivity index (χ4v) is 2.34. The fraction of sp³-hybridized carbons (Fsp3) is 1.00. The summed E-state index contributed by atoms with van der Waals surface area (Å²) in [6.45, 7) is 1.74. The molecule has 1 aliphatic heterocycles. The van der Waals surface area contributed by atoms with Crippen molar-refractivity contribution < 1.29 is 8.42 Å². The Morgan fingerprint density at radius 2 is 2.23 bits per heavy atom. The van der Waals surface area contributed by atoms with E-state index < -0.39 is 10.2 Å². The topological polar surface area (TPSA) is 61.4 Å². The fourth-order valence-electron chi connectivity index (χ4n) is 1.48. The number of likely N-dealkylation sites (N-methyl/N-ethyl adjacent to an activating group) is 1. The average molecular weight is 207 g/mol. The SMILES string of the molecule is CNS(=O)(=O)N(C)C1CCCNC1. The maximum atomic E-state index is 11.4. The van der Waals surface area contributed by atoms with Crippen LogP contribution in [0.15, 0.2) is 0 Å². The van der Waals surface area contributed by atoms with Gasteiger partial charge in [-0.2, -0.15) is 12.7 Å². The molecule has 78 valence electrons. The second-order valence-electron chi connectivity index (χ2n) is 3.23. The lowest BCUT2D eigenvalue weighted by molar-refractivity contribution is 0.298. The summed E-state index contributed by atoms with van der Waals surface area (Å²) in [4.78, 5) is 0. The van der Waals surface area contributed by atoms with Crippen molar-refractivity contribution in [1.29, 1.82) is 0 Å². The van der Waals surface area contributed by atoms with E-state index in [0.717, 1.165) is 25.9 Å². The van der Waals surface area contributed by atoms with Gasteiger partial charge in [0.05, 0.1) is 0 Å². The number of rotatable bonds is 3. The highest BCUT2D eigenvalue weighted by molar-refractivity contribution is 7.87. The molecule has 13 heavy (non-hydrogen) atoms. The van der Waals surface area contributed by atoms with Gasteiger partial charge in [0, 0.05) is 26.7 Å². The Balaban J connectivity index is 2.60. The first-order chi connectivity index (χ1) is 6.08. The van der Waals surface area contributed by atoms with E-state index in [0.29, 0.717) is 0 Å². The molecule has 0 aliphatic carbocycles. The van der Waals surface area contributed by atoms with Gasteiger partial charge in [0.15, 0.2) is 0 Å². The minimum absolute atomic E-state index is 0.0891. The van der Waals surface area contributed by atoms with Crippen molar-refractivity contribution in [3.63, 3.8) is 0 Å². The molecule has 0 bridgehead atoms. The van der Waals surface area contributed by atoms with Crippen LogP contribution in [0.25, 0.3) is 0 Å². The molecule has 1 saturated heterocycles. The molecule has 0 amide bonds. The maximum absolute atomic E-state index is 11.4. The van der Waals surface area contributed by atoms with Crippen LogP contribution in [0.1, 0.15) is 12.8 Å². The van der Waals surface area contributed by atoms with Crippen molar-refractivity contribution in [2.45, 2.75) is 18.9 Å². The average Bonchev–Trinajstić information content (AvgIpc) is 2.18. The van der Waals surface area contributed by atoms with Crippen LogP contribution in [0.5, 0.6) is 0 Å². The highest BCUT2D eigenvalue weighted by atomic mass is 32.2. The van der Waals surface area contributed by atoms with Gasteiger partial charge in [-0.05, 0) is 19.4 Å². The standard InChI is InChI=1S/C7H17N3O2S/c1-8-13(11,12)10(2)7-4-3-5-9-6-7/h7-9H,3-6H2,1-2H3. The zero-order chi connectivity index (χ0) is 9.90. The van der Waals surface area contributed by atoms with Crippen LogP contribution in [-0.4, -0.2) is 45.9 Å². The number of nitrogens with zero attached hydrogens (tertiary/aromatic N) is 1. The Hall–Kier alpha value is -0.170. The van der Waals surface area contributed by atoms with Crippen molar-refractivity contribution in [2.75, 3.05) is 27.2 Å². The molecule has 0 aromatic heterocycles. The highest BCUT2D eigenvalue weighted by Crippen LogP contribution is 2.10. The van der Waals surface area contributed by atoms with E-state index in [4.69, 9.17) is 0 Å². The van der Waals surface area contributed by atoms with Gasteiger partial charge in [0.25, 0.3) is 10.2 Å². The zero-order valence-electron chi connectivity index (χ0n) is 8.08. The van der Waals surface area contributed by atoms with Crippen molar-refractivity contribution in [3.8, 4) is 0 Å². The minimum atomic E-state index is -3.25. The zero-order valence-corrected chi connectivity index (χ0v) is 8.89. The largest absolute Gasteiger partial charge is 0.315 e. The summed E-state index contributed by atoms with van der Waals surface area (Å²) in [5.74, 6) is 0. The molecule has 1 rings (SSSR count). The lowest BCUT2D eigenvalue weighted by Crippen LogP contribution is -2.49. The molecule has 1 fully saturated rings. The van der Waals surface area contributed by atoms with E-state index >= 15 is 0 Å². The second kappa shape index (κ2) is 4.36. The first kappa shape index (κ1) is 10.9. The van der Waals surface area contributed by atoms with E-state index in [1.54, 1.807) is 7.05 Å². The molecule has 1 unspecified atom stereocenters. The van der Waals surface area contributed by atoms with E-state index in [9.17, 15) is 8.42 Å². The molecule has 0 spiro atoms. The van der Waals surface area contributed by atoms with Gasteiger partial charge in [-0.15, -0.1) is 0 Å². The minimum Gasteiger partial charge on any atom is -0.315 e. The molecule has 1 heterocycles. The predicted molar refractivity (Wildman–Crippen MR) is 51.6 cm³/mol. The molecule has 1 aliphatic rings. The van der Waals surface area contributed by atoms with Gasteiger partial charge in [-0.1, -0.05) is 0 Å². The summed E-state index contributed by atoms with van der Waals surface area (Å²) in [7, 11) is -0.207. The molecule has 0 radical (unpaired) electrons. The quantitative estimate of drug-likeness (QED) is 0.633. The Kier molecular flexibility index (Phi) is 3.66. The van der Waals surface area contributed by atoms with Gasteiger partial charge >= 0.3 is 0 Å². The normalized spacial score (nSPS) is 25.0. The van der Waals surface area contributed by atoms with Gasteiger partial charge < -0.3 is 5.32 Å². The number of piperidine rings is 1. The second-order valence-corrected chi connectivity index (χ2v) is 5.16. The molecule has 0 aromatic carbocycles. The van der Waals surface area contributed by atoms with Crippen LogP contribution in [-0.2, 0) is 10.2 Å². The summed E-state index contributed by atoms with van der Waals surface area (Å²) >= 11 is 0. The smallest absolute Gasteiger partial charge is 0.279 e. The Morgan fingerprint density at radius 3 is 2.69 bits per heavy atom. The van der Waals surface area contributed by atoms with E-state index in [2.05, 4.69) is 10.0 Å². The van der Waals surface area contributed by atoms with Crippen molar-refractivity contribution in [1.82, 2.24) is 14.3 Å². The van der Waals surface area contributed by atoms with Crippen LogP contribution in [0.4, 0.5) is 0 Å². The van der Waals surface area contributed by atoms with E-state index in [-0.39, 0.29) is 6.04 Å². The molecular formula is C7H17N3O2S. The highest BCUT2D eigenvalue weighted by Gasteiger charge is 2.25. The Morgan fingerprint density at radius 1 is 1.54 bits per heavy atom. The predicted octanol–water partition coefficient (Wildman–Crippen LogP) is -0.866. The lowest BCUT2D eigenvalue weighted by atomic mass is 10.1. The van der Waals surface area contributed by atoms with Crippen molar-refractivity contribution >= 4 is 10.2 Å². The third kappa shape index (κ3) is 2.63. The number of hydrogen-bond acceptors (Lipinski definition) is 3. The third-order valence-corrected chi connectivity index (χ3v) is 3.99. The van der Waals surface area contributed by atoms with E-state index in [1.807, 2.05) is 0 Å². The van der Waals surface area contributed by atoms with E-state index in [1.165, 1.54) is 11.4 Å². The van der Waals surface area contributed by atoms with Crippen LogP contribution in [0.2, 0.25) is 0 Å². The Labute approximate surface area is 79.7 Å². The van der Waals surface area contributed by atoms with Gasteiger partial charge in [0.1, 0.15) is 0 Å². The summed E-state index contributed by atoms with van der Waals surface area (Å²) in [6.07, 6.45) is 1.97. The maximum Gasteiger partial charge on any atom is 0.279 e. The Bertz CT molecular complexity index is 246. The third-order valence-electron chi connectivity index (χ3n) is 2.42. The number of hydrogen-bond donors (Lipinski definition) is 2. The van der Waals surface area contributed by atoms with Crippen molar-refractivity contribution in [2.24, 2.45) is 0 Å². The first-order valence-electron chi connectivity index (χ1n) is 4.45. The summed E-state index contributed by atoms with van der Waals surface area (Å²) in [6, 6.07) is 0.0891. The first-order valence-corrected chi connectivity index (χ1v) is 5.89. The molecule has 0 saturated carbocycles. The van der Waals surface area contributed by atoms with Crippen LogP contribution in [0.3, 0.4) is 0 Å². The van der Waals surface area contributed by atoms with Crippen LogP contribution in [0, 0.1) is 0 Å². The molecule has 6 heteroatoms. The molecule has 0 aromatic rings. The molecule has 1 atom stereocenters. The lowest BCUT2D eigenvalue weighted by Gasteiger charge is -2.30. The summed E-state index contributed by atoms with van der Waals surface area (Å²) in [5.41, 5.74) is 0. The van der Waals surface area contributed by atoms with Crippen LogP contribution < -0.4 is 10.0 Å². The van der Waals surface area contributed by atoms with Gasteiger partial charge in [-0.25, -0.2) is 4.72 Å². The molecule has 5 nitrogen and oxygen atoms in total. The molecular weight excluding hydrogens is 190 g/mol. The molecule has 2 N–H and O–H groups in total. The van der Waals surface area contributed by atoms with Gasteiger partial charge in [-0.3, -0.25) is 0 Å². The monoisotopic (exact) mass is 207 g/mol. The van der Waals surface area contributed by atoms with Crippen molar-refractivity contribution in [3.05, 3.63) is 0 Å². The number of nitrogens with one attached hydrogen (secondary N) is 2. The van der Waals surface area contributed by atoms with Gasteiger partial charge in [0.2, 0.25) is 0 Å². The summed E-state index contributed by atoms with van der Waals surface area (Å²) < 4.78 is 26.5. The van der Waals surface area contributed by atoms with Crippen LogP contribution >= 0.6 is 0 Å².